The standard InChI is InChI=1S/C12H19NO/c1-5-9(3)12(14)11-10(4)6-8(2)7-13-11/h6-7,9,12,14H,5H2,1-4H3. The van der Waals surface area contributed by atoms with Gasteiger partial charge in [-0.25, -0.2) is 0 Å². The molecule has 0 spiro atoms. The molecule has 0 aromatic carbocycles. The monoisotopic (exact) mass is 193 g/mol. The van der Waals surface area contributed by atoms with E-state index in [-0.39, 0.29) is 5.92 Å². The number of hydrogen-bond donors (Lipinski definition) is 1. The van der Waals surface area contributed by atoms with Gasteiger partial charge in [-0.2, -0.15) is 0 Å². The van der Waals surface area contributed by atoms with Crippen molar-refractivity contribution in [2.45, 2.75) is 40.2 Å². The summed E-state index contributed by atoms with van der Waals surface area (Å²) in [4.78, 5) is 4.30. The number of aryl methyl sites for hydroxylation is 2. The molecule has 0 saturated carbocycles. The highest BCUT2D eigenvalue weighted by Gasteiger charge is 2.17. The zero-order chi connectivity index (χ0) is 10.7. The van der Waals surface area contributed by atoms with Crippen LogP contribution in [0.5, 0.6) is 0 Å². The molecule has 78 valence electrons. The topological polar surface area (TPSA) is 33.1 Å². The van der Waals surface area contributed by atoms with Crippen LogP contribution in [0.3, 0.4) is 0 Å². The SMILES string of the molecule is CCC(C)C(O)c1ncc(C)cc1C. The van der Waals surface area contributed by atoms with E-state index in [1.54, 1.807) is 0 Å². The van der Waals surface area contributed by atoms with Gasteiger partial charge in [0.1, 0.15) is 0 Å². The number of aliphatic hydroxyl groups is 1. The van der Waals surface area contributed by atoms with Crippen LogP contribution < -0.4 is 0 Å². The van der Waals surface area contributed by atoms with Crippen molar-refractivity contribution in [3.05, 3.63) is 29.1 Å². The van der Waals surface area contributed by atoms with Gasteiger partial charge in [0, 0.05) is 6.20 Å². The molecule has 2 atom stereocenters. The van der Waals surface area contributed by atoms with E-state index in [4.69, 9.17) is 0 Å². The lowest BCUT2D eigenvalue weighted by Gasteiger charge is -2.18. The molecule has 2 nitrogen and oxygen atoms in total. The molecule has 0 aliphatic heterocycles. The molecule has 0 aliphatic rings. The Balaban J connectivity index is 2.95. The molecule has 0 saturated heterocycles. The van der Waals surface area contributed by atoms with Crippen LogP contribution >= 0.6 is 0 Å². The maximum atomic E-state index is 10.00. The van der Waals surface area contributed by atoms with Gasteiger partial charge in [0.15, 0.2) is 0 Å². The third-order valence-corrected chi connectivity index (χ3v) is 2.72. The van der Waals surface area contributed by atoms with Crippen molar-refractivity contribution in [1.29, 1.82) is 0 Å². The van der Waals surface area contributed by atoms with Crippen LogP contribution in [-0.4, -0.2) is 10.1 Å². The fourth-order valence-electron chi connectivity index (χ4n) is 1.53. The normalized spacial score (nSPS) is 15.2. The first-order valence-electron chi connectivity index (χ1n) is 5.17. The second-order valence-corrected chi connectivity index (χ2v) is 4.05. The van der Waals surface area contributed by atoms with Crippen molar-refractivity contribution in [2.24, 2.45) is 5.92 Å². The Morgan fingerprint density at radius 2 is 2.07 bits per heavy atom. The zero-order valence-corrected chi connectivity index (χ0v) is 9.41. The minimum Gasteiger partial charge on any atom is -0.387 e. The quantitative estimate of drug-likeness (QED) is 0.800. The average Bonchev–Trinajstić information content (AvgIpc) is 2.15. The van der Waals surface area contributed by atoms with Crippen LogP contribution in [0.2, 0.25) is 0 Å². The summed E-state index contributed by atoms with van der Waals surface area (Å²) in [5.74, 6) is 0.268. The third kappa shape index (κ3) is 2.32. The van der Waals surface area contributed by atoms with Crippen LogP contribution in [-0.2, 0) is 0 Å². The maximum Gasteiger partial charge on any atom is 0.0987 e. The lowest BCUT2D eigenvalue weighted by Crippen LogP contribution is -2.11. The van der Waals surface area contributed by atoms with Crippen molar-refractivity contribution in [1.82, 2.24) is 4.98 Å². The van der Waals surface area contributed by atoms with Crippen molar-refractivity contribution >= 4 is 0 Å². The summed E-state index contributed by atoms with van der Waals surface area (Å²) in [7, 11) is 0. The molecular weight excluding hydrogens is 174 g/mol. The van der Waals surface area contributed by atoms with Gasteiger partial charge in [-0.3, -0.25) is 4.98 Å². The van der Waals surface area contributed by atoms with Gasteiger partial charge >= 0.3 is 0 Å². The van der Waals surface area contributed by atoms with Crippen LogP contribution in [0.4, 0.5) is 0 Å². The highest BCUT2D eigenvalue weighted by atomic mass is 16.3. The van der Waals surface area contributed by atoms with Crippen molar-refractivity contribution in [2.75, 3.05) is 0 Å². The number of aromatic nitrogens is 1. The summed E-state index contributed by atoms with van der Waals surface area (Å²) in [6.07, 6.45) is 2.35. The third-order valence-electron chi connectivity index (χ3n) is 2.72. The van der Waals surface area contributed by atoms with Gasteiger partial charge in [0.25, 0.3) is 0 Å². The molecule has 1 rings (SSSR count). The number of hydrogen-bond acceptors (Lipinski definition) is 2. The van der Waals surface area contributed by atoms with Gasteiger partial charge in [-0.1, -0.05) is 26.3 Å². The number of rotatable bonds is 3. The summed E-state index contributed by atoms with van der Waals surface area (Å²) in [6, 6.07) is 2.06. The summed E-state index contributed by atoms with van der Waals surface area (Å²) < 4.78 is 0. The molecule has 1 aromatic rings. The van der Waals surface area contributed by atoms with E-state index in [1.807, 2.05) is 27.0 Å². The Hall–Kier alpha value is -0.890. The van der Waals surface area contributed by atoms with Gasteiger partial charge in [0.2, 0.25) is 0 Å². The molecule has 0 fully saturated rings. The fraction of sp³-hybridized carbons (Fsp3) is 0.583. The predicted molar refractivity (Wildman–Crippen MR) is 58.1 cm³/mol. The van der Waals surface area contributed by atoms with E-state index in [0.29, 0.717) is 0 Å². The second-order valence-electron chi connectivity index (χ2n) is 4.05. The molecule has 0 amide bonds. The van der Waals surface area contributed by atoms with Crippen LogP contribution in [0.25, 0.3) is 0 Å². The van der Waals surface area contributed by atoms with E-state index in [9.17, 15) is 5.11 Å². The lowest BCUT2D eigenvalue weighted by molar-refractivity contribution is 0.110. The summed E-state index contributed by atoms with van der Waals surface area (Å²) in [5, 5.41) is 10.00. The lowest BCUT2D eigenvalue weighted by atomic mass is 9.96. The van der Waals surface area contributed by atoms with Crippen molar-refractivity contribution < 1.29 is 5.11 Å². The Bertz CT molecular complexity index is 309. The van der Waals surface area contributed by atoms with Crippen LogP contribution in [0.15, 0.2) is 12.3 Å². The van der Waals surface area contributed by atoms with Crippen molar-refractivity contribution in [3.8, 4) is 0 Å². The average molecular weight is 193 g/mol. The van der Waals surface area contributed by atoms with E-state index >= 15 is 0 Å². The molecule has 0 radical (unpaired) electrons. The Labute approximate surface area is 86.0 Å². The summed E-state index contributed by atoms with van der Waals surface area (Å²) in [6.45, 7) is 8.14. The molecular formula is C12H19NO. The minimum atomic E-state index is -0.430. The van der Waals surface area contributed by atoms with E-state index in [2.05, 4.69) is 18.0 Å². The molecule has 1 N–H and O–H groups in total. The van der Waals surface area contributed by atoms with Gasteiger partial charge in [-0.15, -0.1) is 0 Å². The first-order chi connectivity index (χ1) is 6.56. The molecule has 1 aromatic heterocycles. The summed E-state index contributed by atoms with van der Waals surface area (Å²) in [5.41, 5.74) is 3.05. The van der Waals surface area contributed by atoms with Gasteiger partial charge < -0.3 is 5.11 Å². The zero-order valence-electron chi connectivity index (χ0n) is 9.41. The fourth-order valence-corrected chi connectivity index (χ4v) is 1.53. The first-order valence-corrected chi connectivity index (χ1v) is 5.17. The van der Waals surface area contributed by atoms with E-state index in [0.717, 1.165) is 23.2 Å². The number of pyridine rings is 1. The Kier molecular flexibility index (Phi) is 3.64. The second kappa shape index (κ2) is 4.56. The van der Waals surface area contributed by atoms with E-state index < -0.39 is 6.10 Å². The smallest absolute Gasteiger partial charge is 0.0987 e. The highest BCUT2D eigenvalue weighted by Crippen LogP contribution is 2.24. The van der Waals surface area contributed by atoms with Crippen LogP contribution in [0.1, 0.15) is 43.2 Å². The largest absolute Gasteiger partial charge is 0.387 e. The summed E-state index contributed by atoms with van der Waals surface area (Å²) >= 11 is 0. The Morgan fingerprint density at radius 1 is 1.43 bits per heavy atom. The predicted octanol–water partition coefficient (Wildman–Crippen LogP) is 2.78. The molecule has 2 heteroatoms. The van der Waals surface area contributed by atoms with Crippen molar-refractivity contribution in [3.63, 3.8) is 0 Å². The van der Waals surface area contributed by atoms with Gasteiger partial charge in [-0.05, 0) is 30.9 Å². The molecule has 14 heavy (non-hydrogen) atoms. The minimum absolute atomic E-state index is 0.268. The van der Waals surface area contributed by atoms with E-state index in [1.165, 1.54) is 0 Å². The molecule has 2 unspecified atom stereocenters. The molecule has 1 heterocycles. The highest BCUT2D eigenvalue weighted by molar-refractivity contribution is 5.24. The molecule has 0 aliphatic carbocycles. The number of nitrogens with zero attached hydrogens (tertiary/aromatic N) is 1. The maximum absolute atomic E-state index is 10.00. The van der Waals surface area contributed by atoms with Crippen LogP contribution in [0, 0.1) is 19.8 Å². The first kappa shape index (κ1) is 11.2. The molecule has 0 bridgehead atoms. The Morgan fingerprint density at radius 3 is 2.57 bits per heavy atom. The number of aliphatic hydroxyl groups excluding tert-OH is 1. The van der Waals surface area contributed by atoms with Gasteiger partial charge in [0.05, 0.1) is 11.8 Å².